The van der Waals surface area contributed by atoms with Gasteiger partial charge in [0, 0.05) is 18.8 Å². The lowest BCUT2D eigenvalue weighted by Crippen LogP contribution is -1.99. The monoisotopic (exact) mass is 193 g/mol. The van der Waals surface area contributed by atoms with Crippen molar-refractivity contribution in [3.63, 3.8) is 0 Å². The predicted molar refractivity (Wildman–Crippen MR) is 48.3 cm³/mol. The molecule has 6 heteroatoms. The van der Waals surface area contributed by atoms with Gasteiger partial charge in [0.15, 0.2) is 0 Å². The van der Waals surface area contributed by atoms with Crippen LogP contribution in [0.3, 0.4) is 0 Å². The molecule has 0 saturated heterocycles. The highest BCUT2D eigenvalue weighted by Gasteiger charge is 2.01. The van der Waals surface area contributed by atoms with Crippen LogP contribution in [0.15, 0.2) is 18.6 Å². The van der Waals surface area contributed by atoms with Crippen LogP contribution < -0.4 is 0 Å². The molecule has 2 aromatic rings. The highest BCUT2D eigenvalue weighted by molar-refractivity contribution is 5.04. The average Bonchev–Trinajstić information content (AvgIpc) is 2.76. The lowest BCUT2D eigenvalue weighted by Gasteiger charge is -1.94. The number of aryl methyl sites for hydroxylation is 1. The fourth-order valence-corrected chi connectivity index (χ4v) is 1.23. The third-order valence-electron chi connectivity index (χ3n) is 1.85. The summed E-state index contributed by atoms with van der Waals surface area (Å²) in [7, 11) is 1.87. The number of aliphatic hydroxyl groups excluding tert-OH is 1. The number of hydrogen-bond acceptors (Lipinski definition) is 4. The SMILES string of the molecule is Cn1cc(Cn2cc(CO)nn2)cn1. The minimum absolute atomic E-state index is 0.0763. The molecule has 0 aliphatic rings. The van der Waals surface area contributed by atoms with Crippen molar-refractivity contribution in [2.75, 3.05) is 0 Å². The van der Waals surface area contributed by atoms with E-state index in [2.05, 4.69) is 15.4 Å². The van der Waals surface area contributed by atoms with Gasteiger partial charge in [0.1, 0.15) is 5.69 Å². The summed E-state index contributed by atoms with van der Waals surface area (Å²) in [5.74, 6) is 0. The van der Waals surface area contributed by atoms with Crippen LogP contribution in [0, 0.1) is 0 Å². The fourth-order valence-electron chi connectivity index (χ4n) is 1.23. The second-order valence-corrected chi connectivity index (χ2v) is 3.09. The Bertz CT molecular complexity index is 419. The summed E-state index contributed by atoms with van der Waals surface area (Å²) in [6.07, 6.45) is 5.41. The average molecular weight is 193 g/mol. The van der Waals surface area contributed by atoms with Crippen LogP contribution in [0.5, 0.6) is 0 Å². The molecule has 2 heterocycles. The quantitative estimate of drug-likeness (QED) is 0.717. The molecule has 74 valence electrons. The molecule has 0 radical (unpaired) electrons. The first-order valence-corrected chi connectivity index (χ1v) is 4.25. The maximum Gasteiger partial charge on any atom is 0.108 e. The van der Waals surface area contributed by atoms with E-state index in [1.165, 1.54) is 0 Å². The molecular formula is C8H11N5O. The minimum Gasteiger partial charge on any atom is -0.390 e. The normalized spacial score (nSPS) is 10.7. The van der Waals surface area contributed by atoms with Crippen molar-refractivity contribution in [1.29, 1.82) is 0 Å². The summed E-state index contributed by atoms with van der Waals surface area (Å²) >= 11 is 0. The van der Waals surface area contributed by atoms with Crippen molar-refractivity contribution in [3.8, 4) is 0 Å². The van der Waals surface area contributed by atoms with Crippen molar-refractivity contribution in [2.24, 2.45) is 7.05 Å². The summed E-state index contributed by atoms with van der Waals surface area (Å²) in [5.41, 5.74) is 1.63. The first-order valence-electron chi connectivity index (χ1n) is 4.25. The first kappa shape index (κ1) is 8.89. The van der Waals surface area contributed by atoms with Gasteiger partial charge in [0.05, 0.1) is 25.5 Å². The van der Waals surface area contributed by atoms with Gasteiger partial charge in [0.25, 0.3) is 0 Å². The smallest absolute Gasteiger partial charge is 0.108 e. The van der Waals surface area contributed by atoms with E-state index >= 15 is 0 Å². The molecule has 2 aromatic heterocycles. The molecule has 1 N–H and O–H groups in total. The molecule has 0 spiro atoms. The Balaban J connectivity index is 2.10. The maximum absolute atomic E-state index is 8.79. The zero-order valence-electron chi connectivity index (χ0n) is 7.83. The van der Waals surface area contributed by atoms with Gasteiger partial charge >= 0.3 is 0 Å². The molecule has 6 nitrogen and oxygen atoms in total. The number of nitrogens with zero attached hydrogens (tertiary/aromatic N) is 5. The zero-order valence-corrected chi connectivity index (χ0v) is 7.83. The topological polar surface area (TPSA) is 68.8 Å². The number of aromatic nitrogens is 5. The number of aliphatic hydroxyl groups is 1. The molecule has 0 aliphatic carbocycles. The van der Waals surface area contributed by atoms with Gasteiger partial charge in [0.2, 0.25) is 0 Å². The van der Waals surface area contributed by atoms with Crippen LogP contribution in [0.2, 0.25) is 0 Å². The summed E-state index contributed by atoms with van der Waals surface area (Å²) in [5, 5.41) is 20.5. The van der Waals surface area contributed by atoms with Gasteiger partial charge in [-0.2, -0.15) is 5.10 Å². The lowest BCUT2D eigenvalue weighted by atomic mass is 10.4. The maximum atomic E-state index is 8.79. The van der Waals surface area contributed by atoms with Crippen LogP contribution >= 0.6 is 0 Å². The third kappa shape index (κ3) is 1.80. The molecule has 0 fully saturated rings. The van der Waals surface area contributed by atoms with Crippen LogP contribution in [-0.4, -0.2) is 29.9 Å². The van der Waals surface area contributed by atoms with E-state index in [9.17, 15) is 0 Å². The van der Waals surface area contributed by atoms with E-state index in [-0.39, 0.29) is 6.61 Å². The first-order chi connectivity index (χ1) is 6.78. The summed E-state index contributed by atoms with van der Waals surface area (Å²) in [4.78, 5) is 0. The second kappa shape index (κ2) is 3.59. The Morgan fingerprint density at radius 3 is 2.86 bits per heavy atom. The molecular weight excluding hydrogens is 182 g/mol. The van der Waals surface area contributed by atoms with Crippen LogP contribution in [0.4, 0.5) is 0 Å². The van der Waals surface area contributed by atoms with E-state index in [0.717, 1.165) is 5.56 Å². The van der Waals surface area contributed by atoms with Crippen LogP contribution in [-0.2, 0) is 20.2 Å². The van der Waals surface area contributed by atoms with E-state index in [0.29, 0.717) is 12.2 Å². The molecule has 0 bridgehead atoms. The summed E-state index contributed by atoms with van der Waals surface area (Å²) in [6.45, 7) is 0.549. The van der Waals surface area contributed by atoms with Crippen molar-refractivity contribution in [2.45, 2.75) is 13.2 Å². The lowest BCUT2D eigenvalue weighted by molar-refractivity contribution is 0.276. The number of hydrogen-bond donors (Lipinski definition) is 1. The highest BCUT2D eigenvalue weighted by Crippen LogP contribution is 2.00. The Hall–Kier alpha value is -1.69. The Labute approximate surface area is 80.8 Å². The fraction of sp³-hybridized carbons (Fsp3) is 0.375. The van der Waals surface area contributed by atoms with Crippen molar-refractivity contribution < 1.29 is 5.11 Å². The standard InChI is InChI=1S/C8H11N5O/c1-12-3-7(2-9-12)4-13-5-8(6-14)10-11-13/h2-3,5,14H,4,6H2,1H3. The Morgan fingerprint density at radius 2 is 2.29 bits per heavy atom. The summed E-state index contributed by atoms with van der Waals surface area (Å²) < 4.78 is 3.40. The molecule has 0 amide bonds. The highest BCUT2D eigenvalue weighted by atomic mass is 16.3. The number of rotatable bonds is 3. The van der Waals surface area contributed by atoms with Crippen LogP contribution in [0.25, 0.3) is 0 Å². The summed E-state index contributed by atoms with van der Waals surface area (Å²) in [6, 6.07) is 0. The predicted octanol–water partition coefficient (Wildman–Crippen LogP) is -0.448. The van der Waals surface area contributed by atoms with Gasteiger partial charge < -0.3 is 5.11 Å². The van der Waals surface area contributed by atoms with E-state index in [1.54, 1.807) is 21.8 Å². The van der Waals surface area contributed by atoms with Gasteiger partial charge in [-0.05, 0) is 0 Å². The molecule has 0 atom stereocenters. The Morgan fingerprint density at radius 1 is 1.43 bits per heavy atom. The van der Waals surface area contributed by atoms with Crippen molar-refractivity contribution >= 4 is 0 Å². The minimum atomic E-state index is -0.0763. The van der Waals surface area contributed by atoms with E-state index in [4.69, 9.17) is 5.11 Å². The van der Waals surface area contributed by atoms with Crippen LogP contribution in [0.1, 0.15) is 11.3 Å². The van der Waals surface area contributed by atoms with Gasteiger partial charge in [-0.3, -0.25) is 4.68 Å². The molecule has 0 unspecified atom stereocenters. The van der Waals surface area contributed by atoms with Crippen molar-refractivity contribution in [1.82, 2.24) is 24.8 Å². The third-order valence-corrected chi connectivity index (χ3v) is 1.85. The molecule has 0 aliphatic heterocycles. The second-order valence-electron chi connectivity index (χ2n) is 3.09. The van der Waals surface area contributed by atoms with Crippen molar-refractivity contribution in [3.05, 3.63) is 29.8 Å². The molecule has 0 aromatic carbocycles. The van der Waals surface area contributed by atoms with Gasteiger partial charge in [-0.25, -0.2) is 4.68 Å². The Kier molecular flexibility index (Phi) is 2.28. The molecule has 14 heavy (non-hydrogen) atoms. The van der Waals surface area contributed by atoms with E-state index in [1.807, 2.05) is 13.2 Å². The molecule has 2 rings (SSSR count). The largest absolute Gasteiger partial charge is 0.390 e. The zero-order chi connectivity index (χ0) is 9.97. The van der Waals surface area contributed by atoms with E-state index < -0.39 is 0 Å². The van der Waals surface area contributed by atoms with Gasteiger partial charge in [-0.15, -0.1) is 5.10 Å². The van der Waals surface area contributed by atoms with Gasteiger partial charge in [-0.1, -0.05) is 5.21 Å². The molecule has 0 saturated carbocycles.